The highest BCUT2D eigenvalue weighted by Crippen LogP contribution is 2.30. The van der Waals surface area contributed by atoms with E-state index in [4.69, 9.17) is 11.6 Å². The lowest BCUT2D eigenvalue weighted by atomic mass is 9.97. The molecule has 0 bridgehead atoms. The Labute approximate surface area is 150 Å². The number of fused-ring (bicyclic) bond motifs is 3. The Bertz CT molecular complexity index is 920. The fourth-order valence-corrected chi connectivity index (χ4v) is 3.52. The monoisotopic (exact) mass is 355 g/mol. The Morgan fingerprint density at radius 2 is 2.00 bits per heavy atom. The van der Waals surface area contributed by atoms with Crippen molar-refractivity contribution in [3.63, 3.8) is 0 Å². The molecule has 4 rings (SSSR count). The predicted octanol–water partition coefficient (Wildman–Crippen LogP) is 3.77. The van der Waals surface area contributed by atoms with Gasteiger partial charge in [-0.05, 0) is 42.3 Å². The zero-order valence-electron chi connectivity index (χ0n) is 13.5. The number of amides is 2. The fraction of sp³-hybridized carbons (Fsp3) is 0.211. The highest BCUT2D eigenvalue weighted by molar-refractivity contribution is 6.30. The SMILES string of the molecule is O=C(Nc1ccc(Cl)cc1)N1Cc2[nH]c3ccccc3c2CC1CO. The predicted molar refractivity (Wildman–Crippen MR) is 98.9 cm³/mol. The van der Waals surface area contributed by atoms with Gasteiger partial charge in [-0.25, -0.2) is 4.79 Å². The van der Waals surface area contributed by atoms with E-state index in [2.05, 4.69) is 16.4 Å². The van der Waals surface area contributed by atoms with E-state index in [-0.39, 0.29) is 18.7 Å². The average Bonchev–Trinajstić information content (AvgIpc) is 3.00. The summed E-state index contributed by atoms with van der Waals surface area (Å²) in [5.74, 6) is 0. The number of H-pyrrole nitrogens is 1. The van der Waals surface area contributed by atoms with Gasteiger partial charge in [0.05, 0.1) is 19.2 Å². The number of hydrogen-bond donors (Lipinski definition) is 3. The van der Waals surface area contributed by atoms with Gasteiger partial charge in [-0.15, -0.1) is 0 Å². The Hall–Kier alpha value is -2.50. The van der Waals surface area contributed by atoms with E-state index >= 15 is 0 Å². The van der Waals surface area contributed by atoms with E-state index in [1.54, 1.807) is 29.2 Å². The first-order valence-corrected chi connectivity index (χ1v) is 8.56. The van der Waals surface area contributed by atoms with Crippen LogP contribution >= 0.6 is 11.6 Å². The first-order chi connectivity index (χ1) is 12.2. The molecule has 3 N–H and O–H groups in total. The highest BCUT2D eigenvalue weighted by Gasteiger charge is 2.31. The number of aromatic nitrogens is 1. The molecule has 25 heavy (non-hydrogen) atoms. The van der Waals surface area contributed by atoms with Crippen molar-refractivity contribution in [2.75, 3.05) is 11.9 Å². The van der Waals surface area contributed by atoms with Crippen LogP contribution in [0.15, 0.2) is 48.5 Å². The molecule has 0 aliphatic carbocycles. The topological polar surface area (TPSA) is 68.4 Å². The van der Waals surface area contributed by atoms with Crippen molar-refractivity contribution in [2.24, 2.45) is 0 Å². The molecule has 3 aromatic rings. The molecule has 1 aliphatic heterocycles. The lowest BCUT2D eigenvalue weighted by molar-refractivity contribution is 0.129. The summed E-state index contributed by atoms with van der Waals surface area (Å²) in [5, 5.41) is 14.4. The van der Waals surface area contributed by atoms with Crippen LogP contribution in [0.5, 0.6) is 0 Å². The van der Waals surface area contributed by atoms with Crippen LogP contribution in [0, 0.1) is 0 Å². The molecule has 6 heteroatoms. The first kappa shape index (κ1) is 16.0. The molecule has 2 aromatic carbocycles. The lowest BCUT2D eigenvalue weighted by Gasteiger charge is -2.34. The lowest BCUT2D eigenvalue weighted by Crippen LogP contribution is -2.48. The van der Waals surface area contributed by atoms with Crippen LogP contribution in [0.2, 0.25) is 5.02 Å². The highest BCUT2D eigenvalue weighted by atomic mass is 35.5. The Kier molecular flexibility index (Phi) is 4.11. The van der Waals surface area contributed by atoms with Crippen LogP contribution in [0.1, 0.15) is 11.3 Å². The van der Waals surface area contributed by atoms with Gasteiger partial charge in [0.25, 0.3) is 0 Å². The van der Waals surface area contributed by atoms with Gasteiger partial charge in [-0.1, -0.05) is 29.8 Å². The molecule has 2 amide bonds. The van der Waals surface area contributed by atoms with Crippen molar-refractivity contribution in [3.05, 3.63) is 64.8 Å². The number of aliphatic hydroxyl groups is 1. The number of carbonyl (C=O) groups excluding carboxylic acids is 1. The van der Waals surface area contributed by atoms with E-state index in [0.29, 0.717) is 23.7 Å². The van der Waals surface area contributed by atoms with Gasteiger partial charge in [0.1, 0.15) is 0 Å². The maximum Gasteiger partial charge on any atom is 0.322 e. The van der Waals surface area contributed by atoms with Crippen LogP contribution in [0.4, 0.5) is 10.5 Å². The standard InChI is InChI=1S/C19H18ClN3O2/c20-12-5-7-13(8-6-12)21-19(25)23-10-18-16(9-14(23)11-24)15-3-1-2-4-17(15)22-18/h1-8,14,22,24H,9-11H2,(H,21,25). The van der Waals surface area contributed by atoms with Gasteiger partial charge < -0.3 is 20.3 Å². The van der Waals surface area contributed by atoms with Gasteiger partial charge in [-0.3, -0.25) is 0 Å². The minimum absolute atomic E-state index is 0.0764. The normalized spacial score (nSPS) is 16.7. The van der Waals surface area contributed by atoms with Gasteiger partial charge in [0, 0.05) is 27.3 Å². The van der Waals surface area contributed by atoms with Crippen LogP contribution in [0.3, 0.4) is 0 Å². The summed E-state index contributed by atoms with van der Waals surface area (Å²) in [5.41, 5.74) is 3.94. The number of benzene rings is 2. The van der Waals surface area contributed by atoms with Crippen molar-refractivity contribution >= 4 is 34.2 Å². The molecule has 128 valence electrons. The molecule has 0 radical (unpaired) electrons. The van der Waals surface area contributed by atoms with Gasteiger partial charge in [0.15, 0.2) is 0 Å². The number of hydrogen-bond acceptors (Lipinski definition) is 2. The summed E-state index contributed by atoms with van der Waals surface area (Å²) in [6.45, 7) is 0.363. The van der Waals surface area contributed by atoms with Gasteiger partial charge >= 0.3 is 6.03 Å². The second-order valence-corrected chi connectivity index (χ2v) is 6.67. The summed E-state index contributed by atoms with van der Waals surface area (Å²) in [6, 6.07) is 14.6. The quantitative estimate of drug-likeness (QED) is 0.655. The number of rotatable bonds is 2. The molecule has 2 heterocycles. The van der Waals surface area contributed by atoms with Crippen LogP contribution in [0.25, 0.3) is 10.9 Å². The minimum atomic E-state index is -0.251. The summed E-state index contributed by atoms with van der Waals surface area (Å²) >= 11 is 5.88. The number of halogens is 1. The van der Waals surface area contributed by atoms with E-state index in [1.807, 2.05) is 18.2 Å². The maximum absolute atomic E-state index is 12.7. The van der Waals surface area contributed by atoms with E-state index in [1.165, 1.54) is 5.56 Å². The number of carbonyl (C=O) groups is 1. The molecule has 1 atom stereocenters. The third-order valence-corrected chi connectivity index (χ3v) is 4.93. The van der Waals surface area contributed by atoms with Crippen molar-refractivity contribution in [1.82, 2.24) is 9.88 Å². The third kappa shape index (κ3) is 2.97. The second-order valence-electron chi connectivity index (χ2n) is 6.23. The molecular weight excluding hydrogens is 338 g/mol. The van der Waals surface area contributed by atoms with Crippen molar-refractivity contribution in [1.29, 1.82) is 0 Å². The van der Waals surface area contributed by atoms with Crippen LogP contribution in [-0.4, -0.2) is 33.7 Å². The molecule has 0 fully saturated rings. The number of anilines is 1. The molecule has 0 spiro atoms. The smallest absolute Gasteiger partial charge is 0.322 e. The molecule has 0 saturated carbocycles. The van der Waals surface area contributed by atoms with Gasteiger partial charge in [0.2, 0.25) is 0 Å². The zero-order valence-corrected chi connectivity index (χ0v) is 14.3. The van der Waals surface area contributed by atoms with Crippen molar-refractivity contribution in [2.45, 2.75) is 19.0 Å². The molecule has 0 saturated heterocycles. The summed E-state index contributed by atoms with van der Waals surface area (Å²) in [4.78, 5) is 17.8. The molecule has 1 aromatic heterocycles. The maximum atomic E-state index is 12.7. The first-order valence-electron chi connectivity index (χ1n) is 8.18. The van der Waals surface area contributed by atoms with E-state index < -0.39 is 0 Å². The number of para-hydroxylation sites is 1. The number of aromatic amines is 1. The molecule has 1 unspecified atom stereocenters. The van der Waals surface area contributed by atoms with E-state index in [9.17, 15) is 9.90 Å². The van der Waals surface area contributed by atoms with Crippen molar-refractivity contribution in [3.8, 4) is 0 Å². The molecule has 1 aliphatic rings. The summed E-state index contributed by atoms with van der Waals surface area (Å²) in [7, 11) is 0. The minimum Gasteiger partial charge on any atom is -0.394 e. The van der Waals surface area contributed by atoms with E-state index in [0.717, 1.165) is 16.6 Å². The van der Waals surface area contributed by atoms with Crippen LogP contribution in [-0.2, 0) is 13.0 Å². The van der Waals surface area contributed by atoms with Crippen LogP contribution < -0.4 is 5.32 Å². The van der Waals surface area contributed by atoms with Gasteiger partial charge in [-0.2, -0.15) is 0 Å². The summed E-state index contributed by atoms with van der Waals surface area (Å²) < 4.78 is 0. The third-order valence-electron chi connectivity index (χ3n) is 4.68. The number of aliphatic hydroxyl groups excluding tert-OH is 1. The number of nitrogens with zero attached hydrogens (tertiary/aromatic N) is 1. The zero-order chi connectivity index (χ0) is 17.4. The fourth-order valence-electron chi connectivity index (χ4n) is 3.40. The Morgan fingerprint density at radius 3 is 2.76 bits per heavy atom. The Balaban J connectivity index is 1.61. The Morgan fingerprint density at radius 1 is 1.24 bits per heavy atom. The summed E-state index contributed by atoms with van der Waals surface area (Å²) in [6.07, 6.45) is 0.629. The number of urea groups is 1. The molecular formula is C19H18ClN3O2. The average molecular weight is 356 g/mol. The second kappa shape index (κ2) is 6.43. The van der Waals surface area contributed by atoms with Crippen molar-refractivity contribution < 1.29 is 9.90 Å². The number of nitrogens with one attached hydrogen (secondary N) is 2. The molecule has 5 nitrogen and oxygen atoms in total. The largest absolute Gasteiger partial charge is 0.394 e.